The fourth-order valence-corrected chi connectivity index (χ4v) is 1.89. The van der Waals surface area contributed by atoms with Crippen LogP contribution in [0.5, 0.6) is 0 Å². The molecule has 0 saturated heterocycles. The molecule has 1 aromatic rings. The molecule has 13 heavy (non-hydrogen) atoms. The topological polar surface area (TPSA) is 38.9 Å². The first kappa shape index (κ1) is 8.70. The first-order valence-corrected chi connectivity index (χ1v) is 5.02. The SMILES string of the molecule is CCc1cnc2c(c1)CC(N)CC2. The molecule has 2 nitrogen and oxygen atoms in total. The minimum absolute atomic E-state index is 0.349. The van der Waals surface area contributed by atoms with E-state index in [1.165, 1.54) is 16.8 Å². The fraction of sp³-hybridized carbons (Fsp3) is 0.545. The van der Waals surface area contributed by atoms with Gasteiger partial charge in [-0.3, -0.25) is 4.98 Å². The molecule has 0 aliphatic heterocycles. The third-order valence-corrected chi connectivity index (χ3v) is 2.76. The van der Waals surface area contributed by atoms with E-state index in [1.54, 1.807) is 0 Å². The minimum Gasteiger partial charge on any atom is -0.327 e. The van der Waals surface area contributed by atoms with E-state index in [-0.39, 0.29) is 0 Å². The number of hydrogen-bond donors (Lipinski definition) is 1. The number of pyridine rings is 1. The Kier molecular flexibility index (Phi) is 2.32. The van der Waals surface area contributed by atoms with Crippen LogP contribution < -0.4 is 5.73 Å². The van der Waals surface area contributed by atoms with E-state index in [0.717, 1.165) is 25.7 Å². The van der Waals surface area contributed by atoms with Crippen LogP contribution in [0.15, 0.2) is 12.3 Å². The van der Waals surface area contributed by atoms with Crippen LogP contribution in [0.4, 0.5) is 0 Å². The van der Waals surface area contributed by atoms with Gasteiger partial charge in [-0.25, -0.2) is 0 Å². The van der Waals surface area contributed by atoms with Crippen molar-refractivity contribution in [1.82, 2.24) is 4.98 Å². The van der Waals surface area contributed by atoms with Crippen molar-refractivity contribution < 1.29 is 0 Å². The summed E-state index contributed by atoms with van der Waals surface area (Å²) in [4.78, 5) is 4.47. The Bertz CT molecular complexity index is 307. The molecule has 1 atom stereocenters. The summed E-state index contributed by atoms with van der Waals surface area (Å²) in [6.07, 6.45) is 6.22. The zero-order valence-corrected chi connectivity index (χ0v) is 8.09. The molecule has 2 heteroatoms. The second-order valence-corrected chi connectivity index (χ2v) is 3.81. The summed E-state index contributed by atoms with van der Waals surface area (Å²) in [7, 11) is 0. The van der Waals surface area contributed by atoms with Gasteiger partial charge in [0.05, 0.1) is 0 Å². The molecule has 0 amide bonds. The predicted molar refractivity (Wildman–Crippen MR) is 53.6 cm³/mol. The van der Waals surface area contributed by atoms with Gasteiger partial charge < -0.3 is 5.73 Å². The lowest BCUT2D eigenvalue weighted by atomic mass is 9.91. The maximum Gasteiger partial charge on any atom is 0.0436 e. The van der Waals surface area contributed by atoms with Crippen LogP contribution >= 0.6 is 0 Å². The van der Waals surface area contributed by atoms with E-state index >= 15 is 0 Å². The Hall–Kier alpha value is -0.890. The van der Waals surface area contributed by atoms with E-state index in [9.17, 15) is 0 Å². The highest BCUT2D eigenvalue weighted by atomic mass is 14.7. The highest BCUT2D eigenvalue weighted by molar-refractivity contribution is 5.28. The van der Waals surface area contributed by atoms with Gasteiger partial charge in [0.2, 0.25) is 0 Å². The lowest BCUT2D eigenvalue weighted by Gasteiger charge is -2.20. The summed E-state index contributed by atoms with van der Waals surface area (Å²) in [6.45, 7) is 2.16. The van der Waals surface area contributed by atoms with Crippen molar-refractivity contribution in [3.63, 3.8) is 0 Å². The zero-order valence-electron chi connectivity index (χ0n) is 8.09. The van der Waals surface area contributed by atoms with Crippen LogP contribution in [0, 0.1) is 0 Å². The van der Waals surface area contributed by atoms with Crippen molar-refractivity contribution in [3.05, 3.63) is 29.1 Å². The lowest BCUT2D eigenvalue weighted by Crippen LogP contribution is -2.28. The minimum atomic E-state index is 0.349. The maximum atomic E-state index is 5.91. The maximum absolute atomic E-state index is 5.91. The van der Waals surface area contributed by atoms with Crippen LogP contribution in [0.25, 0.3) is 0 Å². The van der Waals surface area contributed by atoms with Gasteiger partial charge in [0.15, 0.2) is 0 Å². The van der Waals surface area contributed by atoms with Crippen molar-refractivity contribution >= 4 is 0 Å². The number of nitrogens with zero attached hydrogens (tertiary/aromatic N) is 1. The molecule has 1 aliphatic carbocycles. The Morgan fingerprint density at radius 2 is 2.46 bits per heavy atom. The van der Waals surface area contributed by atoms with Crippen molar-refractivity contribution in [1.29, 1.82) is 0 Å². The van der Waals surface area contributed by atoms with Crippen molar-refractivity contribution in [2.24, 2.45) is 5.73 Å². The molecule has 0 saturated carbocycles. The van der Waals surface area contributed by atoms with Gasteiger partial charge in [-0.1, -0.05) is 13.0 Å². The average Bonchev–Trinajstić information content (AvgIpc) is 2.16. The standard InChI is InChI=1S/C11H16N2/c1-2-8-5-9-6-10(12)3-4-11(9)13-7-8/h5,7,10H,2-4,6,12H2,1H3. The van der Waals surface area contributed by atoms with Crippen molar-refractivity contribution in [2.75, 3.05) is 0 Å². The van der Waals surface area contributed by atoms with Gasteiger partial charge in [-0.05, 0) is 36.8 Å². The monoisotopic (exact) mass is 176 g/mol. The molecule has 1 aromatic heterocycles. The van der Waals surface area contributed by atoms with Crippen LogP contribution in [-0.4, -0.2) is 11.0 Å². The highest BCUT2D eigenvalue weighted by Gasteiger charge is 2.16. The van der Waals surface area contributed by atoms with E-state index < -0.39 is 0 Å². The molecule has 0 radical (unpaired) electrons. The lowest BCUT2D eigenvalue weighted by molar-refractivity contribution is 0.566. The summed E-state index contributed by atoms with van der Waals surface area (Å²) in [6, 6.07) is 2.61. The summed E-state index contributed by atoms with van der Waals surface area (Å²) in [5.74, 6) is 0. The molecule has 0 spiro atoms. The number of hydrogen-bond acceptors (Lipinski definition) is 2. The van der Waals surface area contributed by atoms with Crippen LogP contribution in [-0.2, 0) is 19.3 Å². The van der Waals surface area contributed by atoms with Gasteiger partial charge in [-0.15, -0.1) is 0 Å². The number of nitrogens with two attached hydrogens (primary N) is 1. The molecular formula is C11H16N2. The molecule has 1 aliphatic rings. The van der Waals surface area contributed by atoms with Gasteiger partial charge in [0.25, 0.3) is 0 Å². The third-order valence-electron chi connectivity index (χ3n) is 2.76. The number of fused-ring (bicyclic) bond motifs is 1. The summed E-state index contributed by atoms with van der Waals surface area (Å²) in [5.41, 5.74) is 9.88. The molecule has 2 rings (SSSR count). The van der Waals surface area contributed by atoms with Gasteiger partial charge in [-0.2, -0.15) is 0 Å². The van der Waals surface area contributed by atoms with Crippen molar-refractivity contribution in [3.8, 4) is 0 Å². The van der Waals surface area contributed by atoms with E-state index in [2.05, 4.69) is 18.0 Å². The summed E-state index contributed by atoms with van der Waals surface area (Å²) < 4.78 is 0. The molecule has 0 bridgehead atoms. The number of rotatable bonds is 1. The molecule has 2 N–H and O–H groups in total. The molecule has 70 valence electrons. The second kappa shape index (κ2) is 3.46. The third kappa shape index (κ3) is 1.73. The van der Waals surface area contributed by atoms with E-state index in [4.69, 9.17) is 5.73 Å². The van der Waals surface area contributed by atoms with Crippen LogP contribution in [0.2, 0.25) is 0 Å². The Balaban J connectivity index is 2.32. The molecule has 0 fully saturated rings. The van der Waals surface area contributed by atoms with E-state index in [1.807, 2.05) is 6.20 Å². The Morgan fingerprint density at radius 3 is 3.23 bits per heavy atom. The molecule has 0 aromatic carbocycles. The number of aryl methyl sites for hydroxylation is 2. The second-order valence-electron chi connectivity index (χ2n) is 3.81. The predicted octanol–water partition coefficient (Wildman–Crippen LogP) is 1.46. The summed E-state index contributed by atoms with van der Waals surface area (Å²) >= 11 is 0. The first-order valence-electron chi connectivity index (χ1n) is 5.02. The average molecular weight is 176 g/mol. The molecule has 1 heterocycles. The number of aromatic nitrogens is 1. The quantitative estimate of drug-likeness (QED) is 0.703. The molecular weight excluding hydrogens is 160 g/mol. The van der Waals surface area contributed by atoms with Gasteiger partial charge in [0, 0.05) is 17.9 Å². The van der Waals surface area contributed by atoms with Gasteiger partial charge in [0.1, 0.15) is 0 Å². The zero-order chi connectivity index (χ0) is 9.26. The first-order chi connectivity index (χ1) is 6.29. The Labute approximate surface area is 79.2 Å². The van der Waals surface area contributed by atoms with Crippen LogP contribution in [0.3, 0.4) is 0 Å². The van der Waals surface area contributed by atoms with Gasteiger partial charge >= 0.3 is 0 Å². The highest BCUT2D eigenvalue weighted by Crippen LogP contribution is 2.19. The fourth-order valence-electron chi connectivity index (χ4n) is 1.89. The summed E-state index contributed by atoms with van der Waals surface area (Å²) in [5, 5.41) is 0. The largest absolute Gasteiger partial charge is 0.327 e. The van der Waals surface area contributed by atoms with Crippen molar-refractivity contribution in [2.45, 2.75) is 38.6 Å². The molecule has 1 unspecified atom stereocenters. The van der Waals surface area contributed by atoms with Crippen LogP contribution in [0.1, 0.15) is 30.2 Å². The Morgan fingerprint density at radius 1 is 1.62 bits per heavy atom. The smallest absolute Gasteiger partial charge is 0.0436 e. The van der Waals surface area contributed by atoms with E-state index in [0.29, 0.717) is 6.04 Å². The normalized spacial score (nSPS) is 21.2.